The van der Waals surface area contributed by atoms with Crippen molar-refractivity contribution in [3.8, 4) is 0 Å². The fraction of sp³-hybridized carbons (Fsp3) is 0.278. The van der Waals surface area contributed by atoms with E-state index in [9.17, 15) is 4.79 Å². The summed E-state index contributed by atoms with van der Waals surface area (Å²) < 4.78 is 0. The lowest BCUT2D eigenvalue weighted by Crippen LogP contribution is -2.36. The number of hydrogen-bond donors (Lipinski definition) is 1. The molecular weight excluding hydrogens is 260 g/mol. The van der Waals surface area contributed by atoms with Crippen molar-refractivity contribution in [1.82, 2.24) is 4.90 Å². The molecule has 0 bridgehead atoms. The Balaban J connectivity index is 1.82. The van der Waals surface area contributed by atoms with Gasteiger partial charge in [-0.2, -0.15) is 0 Å². The minimum Gasteiger partial charge on any atom is -0.344 e. The summed E-state index contributed by atoms with van der Waals surface area (Å²) in [5.41, 5.74) is 8.19. The molecule has 0 spiro atoms. The summed E-state index contributed by atoms with van der Waals surface area (Å²) in [5.74, 6) is -0.0331. The van der Waals surface area contributed by atoms with Crippen molar-refractivity contribution in [2.45, 2.75) is 18.9 Å². The minimum absolute atomic E-state index is 0.0331. The molecule has 2 N–H and O–H groups in total. The molecule has 2 aromatic carbocycles. The van der Waals surface area contributed by atoms with Gasteiger partial charge in [0.1, 0.15) is 6.04 Å². The molecular formula is C18H22N2O. The fourth-order valence-corrected chi connectivity index (χ4v) is 2.32. The Labute approximate surface area is 126 Å². The minimum atomic E-state index is -0.576. The molecule has 0 aliphatic heterocycles. The summed E-state index contributed by atoms with van der Waals surface area (Å²) in [6.07, 6.45) is 1.91. The maximum atomic E-state index is 12.3. The molecule has 3 heteroatoms. The highest BCUT2D eigenvalue weighted by Gasteiger charge is 2.19. The van der Waals surface area contributed by atoms with Crippen molar-refractivity contribution in [3.05, 3.63) is 71.8 Å². The van der Waals surface area contributed by atoms with Gasteiger partial charge < -0.3 is 10.6 Å². The Morgan fingerprint density at radius 2 is 1.62 bits per heavy atom. The van der Waals surface area contributed by atoms with Crippen LogP contribution in [0.3, 0.4) is 0 Å². The average molecular weight is 282 g/mol. The highest BCUT2D eigenvalue weighted by Crippen LogP contribution is 2.12. The zero-order chi connectivity index (χ0) is 15.1. The summed E-state index contributed by atoms with van der Waals surface area (Å²) in [6.45, 7) is 0.717. The second-order valence-electron chi connectivity index (χ2n) is 5.24. The summed E-state index contributed by atoms with van der Waals surface area (Å²) >= 11 is 0. The molecule has 0 fully saturated rings. The molecule has 2 rings (SSSR count). The van der Waals surface area contributed by atoms with E-state index in [0.29, 0.717) is 6.54 Å². The molecule has 21 heavy (non-hydrogen) atoms. The predicted octanol–water partition coefficient (Wildman–Crippen LogP) is 2.78. The fourth-order valence-electron chi connectivity index (χ4n) is 2.32. The number of nitrogens with zero attached hydrogens (tertiary/aromatic N) is 1. The number of benzene rings is 2. The lowest BCUT2D eigenvalue weighted by molar-refractivity contribution is -0.131. The Hall–Kier alpha value is -2.13. The van der Waals surface area contributed by atoms with Crippen LogP contribution >= 0.6 is 0 Å². The van der Waals surface area contributed by atoms with E-state index in [1.54, 1.807) is 4.90 Å². The first-order valence-electron chi connectivity index (χ1n) is 7.28. The van der Waals surface area contributed by atoms with Gasteiger partial charge in [-0.1, -0.05) is 60.7 Å². The smallest absolute Gasteiger partial charge is 0.243 e. The second kappa shape index (κ2) is 7.60. The van der Waals surface area contributed by atoms with Crippen molar-refractivity contribution in [1.29, 1.82) is 0 Å². The molecule has 0 saturated carbocycles. The molecule has 0 heterocycles. The van der Waals surface area contributed by atoms with Crippen molar-refractivity contribution in [2.75, 3.05) is 13.6 Å². The molecule has 1 atom stereocenters. The van der Waals surface area contributed by atoms with Crippen LogP contribution in [0.25, 0.3) is 0 Å². The van der Waals surface area contributed by atoms with Crippen LogP contribution in [0.15, 0.2) is 60.7 Å². The van der Waals surface area contributed by atoms with Gasteiger partial charge in [-0.3, -0.25) is 4.79 Å². The van der Waals surface area contributed by atoms with Gasteiger partial charge in [0.15, 0.2) is 0 Å². The van der Waals surface area contributed by atoms with Gasteiger partial charge in [0.25, 0.3) is 0 Å². The van der Waals surface area contributed by atoms with E-state index in [-0.39, 0.29) is 5.91 Å². The van der Waals surface area contributed by atoms with Gasteiger partial charge >= 0.3 is 0 Å². The Morgan fingerprint density at radius 3 is 2.24 bits per heavy atom. The van der Waals surface area contributed by atoms with Crippen LogP contribution in [0.2, 0.25) is 0 Å². The van der Waals surface area contributed by atoms with Crippen LogP contribution in [-0.4, -0.2) is 24.4 Å². The normalized spacial score (nSPS) is 11.9. The van der Waals surface area contributed by atoms with E-state index >= 15 is 0 Å². The van der Waals surface area contributed by atoms with Crippen molar-refractivity contribution < 1.29 is 4.79 Å². The number of carbonyl (C=O) groups is 1. The second-order valence-corrected chi connectivity index (χ2v) is 5.24. The van der Waals surface area contributed by atoms with E-state index in [1.165, 1.54) is 5.56 Å². The molecule has 1 amide bonds. The highest BCUT2D eigenvalue weighted by molar-refractivity contribution is 5.82. The van der Waals surface area contributed by atoms with Crippen LogP contribution in [0.5, 0.6) is 0 Å². The number of aryl methyl sites for hydroxylation is 1. The number of nitrogens with two attached hydrogens (primary N) is 1. The van der Waals surface area contributed by atoms with Crippen LogP contribution in [0, 0.1) is 0 Å². The quantitative estimate of drug-likeness (QED) is 0.885. The van der Waals surface area contributed by atoms with Gasteiger partial charge in [-0.05, 0) is 24.0 Å². The molecule has 0 saturated heterocycles. The van der Waals surface area contributed by atoms with E-state index in [0.717, 1.165) is 18.4 Å². The molecule has 110 valence electrons. The summed E-state index contributed by atoms with van der Waals surface area (Å²) in [5, 5.41) is 0. The zero-order valence-corrected chi connectivity index (χ0v) is 12.4. The number of amides is 1. The number of hydrogen-bond acceptors (Lipinski definition) is 2. The third-order valence-corrected chi connectivity index (χ3v) is 3.60. The van der Waals surface area contributed by atoms with Crippen LogP contribution in [-0.2, 0) is 11.2 Å². The van der Waals surface area contributed by atoms with Gasteiger partial charge in [-0.15, -0.1) is 0 Å². The molecule has 0 unspecified atom stereocenters. The maximum Gasteiger partial charge on any atom is 0.243 e. The highest BCUT2D eigenvalue weighted by atomic mass is 16.2. The molecule has 0 aliphatic carbocycles. The average Bonchev–Trinajstić information content (AvgIpc) is 2.55. The lowest BCUT2D eigenvalue weighted by atomic mass is 10.1. The van der Waals surface area contributed by atoms with Crippen molar-refractivity contribution in [2.24, 2.45) is 5.73 Å². The Bertz CT molecular complexity index is 554. The van der Waals surface area contributed by atoms with Crippen LogP contribution in [0.4, 0.5) is 0 Å². The standard InChI is InChI=1S/C18H22N2O/c1-20(14-8-11-15-9-4-2-5-10-15)18(21)17(19)16-12-6-3-7-13-16/h2-7,9-10,12-13,17H,8,11,14,19H2,1H3/t17-/m0/s1. The topological polar surface area (TPSA) is 46.3 Å². The third-order valence-electron chi connectivity index (χ3n) is 3.60. The SMILES string of the molecule is CN(CCCc1ccccc1)C(=O)[C@@H](N)c1ccccc1. The molecule has 0 aromatic heterocycles. The largest absolute Gasteiger partial charge is 0.344 e. The summed E-state index contributed by atoms with van der Waals surface area (Å²) in [7, 11) is 1.82. The first kappa shape index (κ1) is 15.3. The maximum absolute atomic E-state index is 12.3. The summed E-state index contributed by atoms with van der Waals surface area (Å²) in [6, 6.07) is 19.2. The molecule has 2 aromatic rings. The van der Waals surface area contributed by atoms with Gasteiger partial charge in [-0.25, -0.2) is 0 Å². The van der Waals surface area contributed by atoms with Gasteiger partial charge in [0.2, 0.25) is 5.91 Å². The lowest BCUT2D eigenvalue weighted by Gasteiger charge is -2.21. The first-order valence-corrected chi connectivity index (χ1v) is 7.28. The van der Waals surface area contributed by atoms with Gasteiger partial charge in [0, 0.05) is 13.6 Å². The molecule has 3 nitrogen and oxygen atoms in total. The third kappa shape index (κ3) is 4.43. The van der Waals surface area contributed by atoms with Crippen LogP contribution in [0.1, 0.15) is 23.6 Å². The predicted molar refractivity (Wildman–Crippen MR) is 85.8 cm³/mol. The van der Waals surface area contributed by atoms with E-state index < -0.39 is 6.04 Å². The van der Waals surface area contributed by atoms with E-state index in [1.807, 2.05) is 55.6 Å². The van der Waals surface area contributed by atoms with Gasteiger partial charge in [0.05, 0.1) is 0 Å². The first-order chi connectivity index (χ1) is 10.2. The summed E-state index contributed by atoms with van der Waals surface area (Å²) in [4.78, 5) is 14.0. The molecule has 0 aliphatic rings. The Kier molecular flexibility index (Phi) is 5.52. The van der Waals surface area contributed by atoms with Crippen molar-refractivity contribution >= 4 is 5.91 Å². The Morgan fingerprint density at radius 1 is 1.05 bits per heavy atom. The monoisotopic (exact) mass is 282 g/mol. The van der Waals surface area contributed by atoms with E-state index in [4.69, 9.17) is 5.73 Å². The number of likely N-dealkylation sites (N-methyl/N-ethyl adjacent to an activating group) is 1. The van der Waals surface area contributed by atoms with Crippen molar-refractivity contribution in [3.63, 3.8) is 0 Å². The number of rotatable bonds is 6. The van der Waals surface area contributed by atoms with Crippen LogP contribution < -0.4 is 5.73 Å². The number of carbonyl (C=O) groups excluding carboxylic acids is 1. The molecule has 0 radical (unpaired) electrons. The van der Waals surface area contributed by atoms with E-state index in [2.05, 4.69) is 12.1 Å². The zero-order valence-electron chi connectivity index (χ0n) is 12.4.